The normalized spacial score (nSPS) is 27.4. The Balaban J connectivity index is 2.24. The Morgan fingerprint density at radius 1 is 1.23 bits per heavy atom. The fourth-order valence-corrected chi connectivity index (χ4v) is 4.17. The SMILES string of the molecule is CCN1CC=C2C(C#N)C(=N)C(C#N)(C#N)[C@@H](c3ccc(F)cc3)[C@@H]2C1. The first-order valence-electron chi connectivity index (χ1n) is 8.51. The van der Waals surface area contributed by atoms with Crippen molar-refractivity contribution in [2.45, 2.75) is 12.8 Å². The number of rotatable bonds is 2. The molecule has 26 heavy (non-hydrogen) atoms. The fourth-order valence-electron chi connectivity index (χ4n) is 4.17. The van der Waals surface area contributed by atoms with Crippen LogP contribution in [0.25, 0.3) is 0 Å². The van der Waals surface area contributed by atoms with Crippen LogP contribution in [0.3, 0.4) is 0 Å². The molecule has 0 aromatic heterocycles. The Kier molecular flexibility index (Phi) is 4.60. The number of benzene rings is 1. The van der Waals surface area contributed by atoms with Gasteiger partial charge in [0.05, 0.1) is 23.9 Å². The van der Waals surface area contributed by atoms with E-state index in [1.807, 2.05) is 25.1 Å². The molecule has 1 aromatic carbocycles. The number of nitrogens with one attached hydrogen (secondary N) is 1. The highest BCUT2D eigenvalue weighted by atomic mass is 19.1. The van der Waals surface area contributed by atoms with Crippen LogP contribution in [0.5, 0.6) is 0 Å². The van der Waals surface area contributed by atoms with Crippen LogP contribution < -0.4 is 0 Å². The van der Waals surface area contributed by atoms with Gasteiger partial charge < -0.3 is 5.41 Å². The third kappa shape index (κ3) is 2.49. The van der Waals surface area contributed by atoms with Crippen LogP contribution in [-0.2, 0) is 0 Å². The summed E-state index contributed by atoms with van der Waals surface area (Å²) in [6.45, 7) is 4.11. The lowest BCUT2D eigenvalue weighted by Crippen LogP contribution is -2.52. The van der Waals surface area contributed by atoms with E-state index in [1.54, 1.807) is 12.1 Å². The molecule has 1 unspecified atom stereocenters. The van der Waals surface area contributed by atoms with Crippen LogP contribution in [-0.4, -0.2) is 30.2 Å². The molecule has 1 aliphatic heterocycles. The van der Waals surface area contributed by atoms with E-state index in [2.05, 4.69) is 11.0 Å². The highest BCUT2D eigenvalue weighted by Crippen LogP contribution is 2.53. The summed E-state index contributed by atoms with van der Waals surface area (Å²) in [4.78, 5) is 2.17. The molecule has 0 bridgehead atoms. The van der Waals surface area contributed by atoms with Crippen LogP contribution in [0, 0.1) is 62.5 Å². The molecule has 130 valence electrons. The third-order valence-corrected chi connectivity index (χ3v) is 5.54. The average molecular weight is 347 g/mol. The second kappa shape index (κ2) is 6.71. The van der Waals surface area contributed by atoms with Crippen molar-refractivity contribution in [3.05, 3.63) is 47.3 Å². The van der Waals surface area contributed by atoms with Crippen LogP contribution >= 0.6 is 0 Å². The lowest BCUT2D eigenvalue weighted by molar-refractivity contribution is 0.211. The standard InChI is InChI=1S/C20H18FN5/c1-2-26-8-7-15-16(9-22)19(25)20(11-23,12-24)18(17(15)10-26)13-3-5-14(21)6-4-13/h3-7,16-18,25H,2,8,10H2,1H3/t16?,17-,18+/m1/s1. The second-order valence-electron chi connectivity index (χ2n) is 6.70. The van der Waals surface area contributed by atoms with E-state index in [0.717, 1.165) is 12.1 Å². The van der Waals surface area contributed by atoms with Crippen LogP contribution in [0.2, 0.25) is 0 Å². The lowest BCUT2D eigenvalue weighted by atomic mass is 9.54. The molecule has 1 saturated carbocycles. The van der Waals surface area contributed by atoms with Crippen molar-refractivity contribution in [3.8, 4) is 18.2 Å². The van der Waals surface area contributed by atoms with Gasteiger partial charge in [0.25, 0.3) is 0 Å². The largest absolute Gasteiger partial charge is 0.305 e. The summed E-state index contributed by atoms with van der Waals surface area (Å²) in [7, 11) is 0. The van der Waals surface area contributed by atoms with Crippen molar-refractivity contribution >= 4 is 5.71 Å². The van der Waals surface area contributed by atoms with Crippen molar-refractivity contribution in [2.75, 3.05) is 19.6 Å². The molecule has 1 aliphatic carbocycles. The molecule has 1 fully saturated rings. The lowest BCUT2D eigenvalue weighted by Gasteiger charge is -2.47. The van der Waals surface area contributed by atoms with Crippen molar-refractivity contribution < 1.29 is 4.39 Å². The monoisotopic (exact) mass is 347 g/mol. The maximum atomic E-state index is 13.4. The highest BCUT2D eigenvalue weighted by Gasteiger charge is 2.57. The molecule has 0 amide bonds. The maximum Gasteiger partial charge on any atom is 0.189 e. The smallest absolute Gasteiger partial charge is 0.189 e. The summed E-state index contributed by atoms with van der Waals surface area (Å²) in [6.07, 6.45) is 1.95. The number of nitrogens with zero attached hydrogens (tertiary/aromatic N) is 4. The molecule has 5 nitrogen and oxygen atoms in total. The number of halogens is 1. The zero-order chi connectivity index (χ0) is 18.9. The van der Waals surface area contributed by atoms with E-state index < -0.39 is 23.1 Å². The summed E-state index contributed by atoms with van der Waals surface area (Å²) >= 11 is 0. The predicted molar refractivity (Wildman–Crippen MR) is 93.3 cm³/mol. The summed E-state index contributed by atoms with van der Waals surface area (Å²) in [5.41, 5.74) is -0.467. The zero-order valence-electron chi connectivity index (χ0n) is 14.4. The quantitative estimate of drug-likeness (QED) is 0.831. The Hall–Kier alpha value is -3.01. The average Bonchev–Trinajstić information content (AvgIpc) is 2.68. The van der Waals surface area contributed by atoms with Crippen LogP contribution in [0.4, 0.5) is 4.39 Å². The molecule has 3 atom stereocenters. The number of hydrogen-bond donors (Lipinski definition) is 1. The van der Waals surface area contributed by atoms with Crippen molar-refractivity contribution in [2.24, 2.45) is 17.3 Å². The fraction of sp³-hybridized carbons (Fsp3) is 0.400. The van der Waals surface area contributed by atoms with Gasteiger partial charge in [-0.25, -0.2) is 4.39 Å². The van der Waals surface area contributed by atoms with Crippen molar-refractivity contribution in [1.29, 1.82) is 21.2 Å². The molecule has 0 radical (unpaired) electrons. The van der Waals surface area contributed by atoms with Crippen molar-refractivity contribution in [3.63, 3.8) is 0 Å². The number of fused-ring (bicyclic) bond motifs is 1. The Labute approximate surface area is 152 Å². The Morgan fingerprint density at radius 2 is 1.88 bits per heavy atom. The van der Waals surface area contributed by atoms with Crippen molar-refractivity contribution in [1.82, 2.24) is 4.90 Å². The first-order valence-corrected chi connectivity index (χ1v) is 8.51. The van der Waals surface area contributed by atoms with Crippen LogP contribution in [0.15, 0.2) is 35.9 Å². The first kappa shape index (κ1) is 17.8. The van der Waals surface area contributed by atoms with Gasteiger partial charge in [-0.1, -0.05) is 25.1 Å². The van der Waals surface area contributed by atoms with Gasteiger partial charge >= 0.3 is 0 Å². The first-order chi connectivity index (χ1) is 12.5. The minimum atomic E-state index is -1.74. The zero-order valence-corrected chi connectivity index (χ0v) is 14.4. The molecular weight excluding hydrogens is 329 g/mol. The molecule has 1 aromatic rings. The van der Waals surface area contributed by atoms with E-state index in [0.29, 0.717) is 18.7 Å². The summed E-state index contributed by atoms with van der Waals surface area (Å²) < 4.78 is 13.4. The van der Waals surface area contributed by atoms with Crippen LogP contribution in [0.1, 0.15) is 18.4 Å². The summed E-state index contributed by atoms with van der Waals surface area (Å²) in [5, 5.41) is 37.9. The molecular formula is C20H18FN5. The third-order valence-electron chi connectivity index (χ3n) is 5.54. The highest BCUT2D eigenvalue weighted by molar-refractivity contribution is 6.00. The Morgan fingerprint density at radius 3 is 2.42 bits per heavy atom. The molecule has 6 heteroatoms. The molecule has 0 spiro atoms. The maximum absolute atomic E-state index is 13.4. The summed E-state index contributed by atoms with van der Waals surface area (Å²) in [5.74, 6) is -2.12. The van der Waals surface area contributed by atoms with Gasteiger partial charge in [0.2, 0.25) is 0 Å². The predicted octanol–water partition coefficient (Wildman–Crippen LogP) is 2.99. The minimum Gasteiger partial charge on any atom is -0.305 e. The van der Waals surface area contributed by atoms with Gasteiger partial charge in [0.1, 0.15) is 11.7 Å². The number of likely N-dealkylation sites (N-methyl/N-ethyl adjacent to an activating group) is 1. The number of hydrogen-bond acceptors (Lipinski definition) is 5. The molecule has 3 rings (SSSR count). The van der Waals surface area contributed by atoms with Gasteiger partial charge in [-0.15, -0.1) is 0 Å². The second-order valence-corrected chi connectivity index (χ2v) is 6.70. The van der Waals surface area contributed by atoms with Gasteiger partial charge in [-0.2, -0.15) is 15.8 Å². The molecule has 1 heterocycles. The topological polar surface area (TPSA) is 98.5 Å². The Bertz CT molecular complexity index is 867. The van der Waals surface area contributed by atoms with E-state index >= 15 is 0 Å². The van der Waals surface area contributed by atoms with Gasteiger partial charge in [-0.3, -0.25) is 4.90 Å². The van der Waals surface area contributed by atoms with E-state index in [9.17, 15) is 20.2 Å². The van der Waals surface area contributed by atoms with Gasteiger partial charge in [0.15, 0.2) is 5.41 Å². The molecule has 2 aliphatic rings. The molecule has 1 N–H and O–H groups in total. The van der Waals surface area contributed by atoms with Gasteiger partial charge in [0, 0.05) is 24.9 Å². The van der Waals surface area contributed by atoms with E-state index in [-0.39, 0.29) is 11.6 Å². The van der Waals surface area contributed by atoms with E-state index in [1.165, 1.54) is 12.1 Å². The summed E-state index contributed by atoms with van der Waals surface area (Å²) in [6, 6.07) is 11.9. The molecule has 0 saturated heterocycles. The minimum absolute atomic E-state index is 0.174. The number of nitriles is 3. The van der Waals surface area contributed by atoms with E-state index in [4.69, 9.17) is 5.41 Å². The van der Waals surface area contributed by atoms with Gasteiger partial charge in [-0.05, 0) is 29.8 Å².